The van der Waals surface area contributed by atoms with E-state index in [9.17, 15) is 4.39 Å². The highest BCUT2D eigenvalue weighted by atomic mass is 19.1. The van der Waals surface area contributed by atoms with Crippen LogP contribution in [0.25, 0.3) is 0 Å². The Labute approximate surface area is 139 Å². The molecular formula is C19H42FNO. The second-order valence-corrected chi connectivity index (χ2v) is 7.19. The van der Waals surface area contributed by atoms with Crippen LogP contribution in [0.1, 0.15) is 94.4 Å². The molecule has 1 unspecified atom stereocenters. The lowest BCUT2D eigenvalue weighted by Gasteiger charge is -2.37. The number of hydroxylamine groups is 1. The van der Waals surface area contributed by atoms with E-state index in [0.29, 0.717) is 23.8 Å². The Bertz CT molecular complexity index is 230. The molecule has 2 nitrogen and oxygen atoms in total. The molecule has 0 heterocycles. The quantitative estimate of drug-likeness (QED) is 0.583. The van der Waals surface area contributed by atoms with E-state index in [0.717, 1.165) is 18.8 Å². The molecule has 0 radical (unpaired) electrons. The normalized spacial score (nSPS) is 23.0. The standard InChI is InChI=1S/C15H30FNO.2C2H6/c1-11(2)10-14(16)18-17-13-8-6-12(7-9-13)15(3,4)5;2*1-2/h11-14,17H,6-10H2,1-5H3;2*1-2H3. The van der Waals surface area contributed by atoms with E-state index in [4.69, 9.17) is 4.84 Å². The van der Waals surface area contributed by atoms with Crippen LogP contribution in [0.15, 0.2) is 0 Å². The molecule has 0 aromatic carbocycles. The van der Waals surface area contributed by atoms with Gasteiger partial charge in [-0.15, -0.1) is 0 Å². The van der Waals surface area contributed by atoms with Crippen molar-refractivity contribution in [1.29, 1.82) is 0 Å². The third kappa shape index (κ3) is 11.4. The molecule has 1 atom stereocenters. The largest absolute Gasteiger partial charge is 0.264 e. The molecule has 1 N–H and O–H groups in total. The molecule has 1 rings (SSSR count). The van der Waals surface area contributed by atoms with Gasteiger partial charge in [-0.2, -0.15) is 5.48 Å². The van der Waals surface area contributed by atoms with Gasteiger partial charge in [-0.3, -0.25) is 4.84 Å². The first kappa shape index (κ1) is 24.1. The summed E-state index contributed by atoms with van der Waals surface area (Å²) in [7, 11) is 0. The Morgan fingerprint density at radius 2 is 1.45 bits per heavy atom. The van der Waals surface area contributed by atoms with E-state index in [1.54, 1.807) is 0 Å². The molecule has 0 amide bonds. The second kappa shape index (κ2) is 13.3. The summed E-state index contributed by atoms with van der Waals surface area (Å²) in [6.07, 6.45) is 3.90. The fourth-order valence-electron chi connectivity index (χ4n) is 2.67. The van der Waals surface area contributed by atoms with E-state index in [2.05, 4.69) is 26.3 Å². The van der Waals surface area contributed by atoms with Crippen LogP contribution in [-0.2, 0) is 4.84 Å². The lowest BCUT2D eigenvalue weighted by atomic mass is 9.71. The van der Waals surface area contributed by atoms with Crippen molar-refractivity contribution >= 4 is 0 Å². The molecular weight excluding hydrogens is 277 g/mol. The molecule has 1 fully saturated rings. The smallest absolute Gasteiger partial charge is 0.217 e. The third-order valence-corrected chi connectivity index (χ3v) is 3.97. The lowest BCUT2D eigenvalue weighted by Crippen LogP contribution is -2.37. The van der Waals surface area contributed by atoms with Gasteiger partial charge in [-0.05, 0) is 42.9 Å². The molecule has 0 aliphatic heterocycles. The topological polar surface area (TPSA) is 21.3 Å². The summed E-state index contributed by atoms with van der Waals surface area (Å²) < 4.78 is 13.4. The van der Waals surface area contributed by atoms with Crippen molar-refractivity contribution in [3.63, 3.8) is 0 Å². The predicted octanol–water partition coefficient (Wildman–Crippen LogP) is 6.51. The van der Waals surface area contributed by atoms with Crippen LogP contribution < -0.4 is 5.48 Å². The van der Waals surface area contributed by atoms with Crippen molar-refractivity contribution in [2.45, 2.75) is 107 Å². The molecule has 0 aromatic heterocycles. The van der Waals surface area contributed by atoms with Crippen LogP contribution in [-0.4, -0.2) is 12.4 Å². The molecule has 0 saturated heterocycles. The fraction of sp³-hybridized carbons (Fsp3) is 1.00. The van der Waals surface area contributed by atoms with E-state index < -0.39 is 6.36 Å². The predicted molar refractivity (Wildman–Crippen MR) is 96.5 cm³/mol. The number of alkyl halides is 1. The van der Waals surface area contributed by atoms with Gasteiger partial charge in [0.05, 0.1) is 0 Å². The van der Waals surface area contributed by atoms with E-state index in [1.807, 2.05) is 41.5 Å². The van der Waals surface area contributed by atoms with Gasteiger partial charge >= 0.3 is 0 Å². The minimum Gasteiger partial charge on any atom is -0.264 e. The van der Waals surface area contributed by atoms with Crippen LogP contribution >= 0.6 is 0 Å². The molecule has 1 saturated carbocycles. The SMILES string of the molecule is CC.CC.CC(C)CC(F)ONC1CCC(C(C)(C)C)CC1. The average Bonchev–Trinajstić information content (AvgIpc) is 2.48. The van der Waals surface area contributed by atoms with Crippen molar-refractivity contribution < 1.29 is 9.23 Å². The maximum Gasteiger partial charge on any atom is 0.217 e. The first-order valence-corrected chi connectivity index (χ1v) is 9.34. The van der Waals surface area contributed by atoms with Gasteiger partial charge in [0, 0.05) is 12.5 Å². The molecule has 1 aliphatic rings. The van der Waals surface area contributed by atoms with Gasteiger partial charge in [0.1, 0.15) is 0 Å². The lowest BCUT2D eigenvalue weighted by molar-refractivity contribution is -0.124. The first-order valence-electron chi connectivity index (χ1n) is 9.34. The van der Waals surface area contributed by atoms with E-state index >= 15 is 0 Å². The van der Waals surface area contributed by atoms with E-state index in [-0.39, 0.29) is 0 Å². The van der Waals surface area contributed by atoms with Crippen LogP contribution in [0.4, 0.5) is 4.39 Å². The number of nitrogens with one attached hydrogen (secondary N) is 1. The number of rotatable bonds is 5. The van der Waals surface area contributed by atoms with Gasteiger partial charge in [0.25, 0.3) is 0 Å². The van der Waals surface area contributed by atoms with Crippen LogP contribution in [0.5, 0.6) is 0 Å². The molecule has 0 bridgehead atoms. The van der Waals surface area contributed by atoms with Gasteiger partial charge in [0.15, 0.2) is 0 Å². The summed E-state index contributed by atoms with van der Waals surface area (Å²) in [5.41, 5.74) is 3.32. The van der Waals surface area contributed by atoms with Crippen LogP contribution in [0.2, 0.25) is 0 Å². The zero-order valence-electron chi connectivity index (χ0n) is 16.6. The minimum absolute atomic E-state index is 0.328. The van der Waals surface area contributed by atoms with Crippen molar-refractivity contribution in [1.82, 2.24) is 5.48 Å². The van der Waals surface area contributed by atoms with Crippen LogP contribution in [0, 0.1) is 17.3 Å². The molecule has 0 aromatic rings. The summed E-state index contributed by atoms with van der Waals surface area (Å²) in [5.74, 6) is 1.12. The highest BCUT2D eigenvalue weighted by Crippen LogP contribution is 2.37. The Morgan fingerprint density at radius 3 is 1.82 bits per heavy atom. The van der Waals surface area contributed by atoms with Crippen LogP contribution in [0.3, 0.4) is 0 Å². The second-order valence-electron chi connectivity index (χ2n) is 7.19. The molecule has 3 heteroatoms. The Balaban J connectivity index is 0. The van der Waals surface area contributed by atoms with Gasteiger partial charge in [-0.25, -0.2) is 4.39 Å². The maximum atomic E-state index is 13.4. The van der Waals surface area contributed by atoms with Crippen molar-refractivity contribution in [2.24, 2.45) is 17.3 Å². The number of hydrogen-bond acceptors (Lipinski definition) is 2. The summed E-state index contributed by atoms with van der Waals surface area (Å²) in [4.78, 5) is 5.10. The van der Waals surface area contributed by atoms with Gasteiger partial charge < -0.3 is 0 Å². The third-order valence-electron chi connectivity index (χ3n) is 3.97. The van der Waals surface area contributed by atoms with Crippen molar-refractivity contribution in [2.75, 3.05) is 0 Å². The average molecular weight is 320 g/mol. The fourth-order valence-corrected chi connectivity index (χ4v) is 2.67. The van der Waals surface area contributed by atoms with Crippen molar-refractivity contribution in [3.8, 4) is 0 Å². The first-order chi connectivity index (χ1) is 10.3. The molecule has 0 spiro atoms. The zero-order chi connectivity index (χ0) is 17.8. The van der Waals surface area contributed by atoms with E-state index in [1.165, 1.54) is 12.8 Å². The molecule has 1 aliphatic carbocycles. The minimum atomic E-state index is -1.18. The Morgan fingerprint density at radius 1 is 1.00 bits per heavy atom. The summed E-state index contributed by atoms with van der Waals surface area (Å²) in [6.45, 7) is 18.9. The van der Waals surface area contributed by atoms with Gasteiger partial charge in [0.2, 0.25) is 6.36 Å². The highest BCUT2D eigenvalue weighted by Gasteiger charge is 2.29. The highest BCUT2D eigenvalue weighted by molar-refractivity contribution is 4.82. The molecule has 136 valence electrons. The number of halogens is 1. The Kier molecular flexibility index (Phi) is 14.6. The maximum absolute atomic E-state index is 13.4. The summed E-state index contributed by atoms with van der Waals surface area (Å²) in [6, 6.07) is 0.328. The van der Waals surface area contributed by atoms with Gasteiger partial charge in [-0.1, -0.05) is 62.3 Å². The summed E-state index contributed by atoms with van der Waals surface area (Å²) >= 11 is 0. The molecule has 22 heavy (non-hydrogen) atoms. The monoisotopic (exact) mass is 319 g/mol. The zero-order valence-corrected chi connectivity index (χ0v) is 16.6. The summed E-state index contributed by atoms with van der Waals surface area (Å²) in [5, 5.41) is 0. The Hall–Kier alpha value is -0.150. The van der Waals surface area contributed by atoms with Crippen molar-refractivity contribution in [3.05, 3.63) is 0 Å². The number of hydrogen-bond donors (Lipinski definition) is 1.